The van der Waals surface area contributed by atoms with Crippen molar-refractivity contribution in [2.24, 2.45) is 0 Å². The molecule has 8 heteroatoms. The first kappa shape index (κ1) is 14.2. The Morgan fingerprint density at radius 3 is 3.05 bits per heavy atom. The maximum absolute atomic E-state index is 11.9. The van der Waals surface area contributed by atoms with Gasteiger partial charge in [0.1, 0.15) is 5.52 Å². The second-order valence-electron chi connectivity index (χ2n) is 4.45. The Kier molecular flexibility index (Phi) is 3.84. The molecule has 2 heterocycles. The highest BCUT2D eigenvalue weighted by Crippen LogP contribution is 2.16. The van der Waals surface area contributed by atoms with Crippen LogP contribution < -0.4 is 5.32 Å². The molecule has 0 spiro atoms. The molecule has 0 bridgehead atoms. The second kappa shape index (κ2) is 5.94. The third-order valence-electron chi connectivity index (χ3n) is 2.77. The number of hydrogen-bond acceptors (Lipinski definition) is 7. The van der Waals surface area contributed by atoms with E-state index >= 15 is 0 Å². The molecule has 2 aromatic heterocycles. The number of carbonyl (C=O) groups excluding carboxylic acids is 2. The third kappa shape index (κ3) is 3.12. The molecule has 1 aromatic carbocycles. The van der Waals surface area contributed by atoms with Gasteiger partial charge in [-0.3, -0.25) is 10.1 Å². The molecule has 22 heavy (non-hydrogen) atoms. The van der Waals surface area contributed by atoms with Gasteiger partial charge in [-0.15, -0.1) is 11.3 Å². The zero-order valence-corrected chi connectivity index (χ0v) is 12.3. The minimum absolute atomic E-state index is 0.305. The molecule has 0 unspecified atom stereocenters. The van der Waals surface area contributed by atoms with E-state index in [1.54, 1.807) is 18.2 Å². The van der Waals surface area contributed by atoms with Gasteiger partial charge in [0.05, 0.1) is 11.3 Å². The molecular formula is C14H11N3O4S. The lowest BCUT2D eigenvalue weighted by atomic mass is 10.2. The fourth-order valence-corrected chi connectivity index (χ4v) is 2.47. The number of ether oxygens (including phenoxy) is 1. The van der Waals surface area contributed by atoms with Crippen LogP contribution in [0.3, 0.4) is 0 Å². The smallest absolute Gasteiger partial charge is 0.338 e. The van der Waals surface area contributed by atoms with E-state index in [1.807, 2.05) is 12.3 Å². The first-order valence-corrected chi connectivity index (χ1v) is 7.22. The molecule has 1 amide bonds. The van der Waals surface area contributed by atoms with Gasteiger partial charge in [-0.05, 0) is 25.1 Å². The monoisotopic (exact) mass is 317 g/mol. The maximum Gasteiger partial charge on any atom is 0.338 e. The average molecular weight is 317 g/mol. The van der Waals surface area contributed by atoms with Gasteiger partial charge in [-0.2, -0.15) is 0 Å². The summed E-state index contributed by atoms with van der Waals surface area (Å²) in [7, 11) is 0. The number of hydrogen-bond donors (Lipinski definition) is 1. The summed E-state index contributed by atoms with van der Waals surface area (Å²) in [5.74, 6) is -1.04. The van der Waals surface area contributed by atoms with Crippen LogP contribution in [0, 0.1) is 6.92 Å². The number of esters is 1. The molecule has 3 aromatic rings. The van der Waals surface area contributed by atoms with Gasteiger partial charge < -0.3 is 9.15 Å². The Balaban J connectivity index is 1.58. The van der Waals surface area contributed by atoms with Gasteiger partial charge in [0.15, 0.2) is 23.7 Å². The van der Waals surface area contributed by atoms with Gasteiger partial charge in [0, 0.05) is 5.38 Å². The first-order chi connectivity index (χ1) is 10.6. The van der Waals surface area contributed by atoms with Crippen molar-refractivity contribution < 1.29 is 18.7 Å². The Morgan fingerprint density at radius 2 is 2.27 bits per heavy atom. The summed E-state index contributed by atoms with van der Waals surface area (Å²) >= 11 is 1.31. The lowest BCUT2D eigenvalue weighted by Crippen LogP contribution is -2.20. The molecule has 0 saturated carbocycles. The number of anilines is 1. The number of thiazole rings is 1. The number of nitrogens with one attached hydrogen (secondary N) is 1. The molecule has 0 atom stereocenters. The number of benzene rings is 1. The molecule has 0 radical (unpaired) electrons. The van der Waals surface area contributed by atoms with Crippen LogP contribution in [-0.4, -0.2) is 28.5 Å². The van der Waals surface area contributed by atoms with Crippen molar-refractivity contribution in [2.45, 2.75) is 6.92 Å². The van der Waals surface area contributed by atoms with E-state index in [-0.39, 0.29) is 6.61 Å². The number of carbonyl (C=O) groups is 2. The predicted molar refractivity (Wildman–Crippen MR) is 79.8 cm³/mol. The van der Waals surface area contributed by atoms with Crippen molar-refractivity contribution >= 4 is 39.4 Å². The van der Waals surface area contributed by atoms with Crippen molar-refractivity contribution in [1.29, 1.82) is 0 Å². The van der Waals surface area contributed by atoms with Gasteiger partial charge in [0.2, 0.25) is 0 Å². The van der Waals surface area contributed by atoms with E-state index in [0.717, 1.165) is 5.69 Å². The van der Waals surface area contributed by atoms with E-state index in [2.05, 4.69) is 15.3 Å². The lowest BCUT2D eigenvalue weighted by molar-refractivity contribution is -0.119. The minimum Gasteiger partial charge on any atom is -0.452 e. The summed E-state index contributed by atoms with van der Waals surface area (Å²) in [5, 5.41) is 4.85. The van der Waals surface area contributed by atoms with Crippen molar-refractivity contribution in [3.63, 3.8) is 0 Å². The molecule has 0 fully saturated rings. The summed E-state index contributed by atoms with van der Waals surface area (Å²) in [6, 6.07) is 4.72. The molecule has 0 aliphatic heterocycles. The van der Waals surface area contributed by atoms with Crippen LogP contribution in [0.1, 0.15) is 16.1 Å². The summed E-state index contributed by atoms with van der Waals surface area (Å²) in [6.45, 7) is 1.44. The van der Waals surface area contributed by atoms with Gasteiger partial charge in [-0.25, -0.2) is 14.8 Å². The fraction of sp³-hybridized carbons (Fsp3) is 0.143. The summed E-state index contributed by atoms with van der Waals surface area (Å²) in [4.78, 5) is 31.6. The second-order valence-corrected chi connectivity index (χ2v) is 5.31. The van der Waals surface area contributed by atoms with E-state index in [1.165, 1.54) is 17.7 Å². The van der Waals surface area contributed by atoms with Gasteiger partial charge >= 0.3 is 5.97 Å². The normalized spacial score (nSPS) is 10.6. The number of rotatable bonds is 4. The Bertz CT molecular complexity index is 839. The average Bonchev–Trinajstić information content (AvgIpc) is 3.12. The molecule has 0 aliphatic rings. The summed E-state index contributed by atoms with van der Waals surface area (Å²) < 4.78 is 10.0. The van der Waals surface area contributed by atoms with E-state index < -0.39 is 11.9 Å². The molecule has 112 valence electrons. The standard InChI is InChI=1S/C14H11N3O4S/c1-8-6-22-14(16-8)17-12(18)5-20-13(19)9-2-3-11-10(4-9)15-7-21-11/h2-4,6-7H,5H2,1H3,(H,16,17,18). The molecule has 3 rings (SSSR count). The Labute approximate surface area is 128 Å². The lowest BCUT2D eigenvalue weighted by Gasteiger charge is -2.04. The summed E-state index contributed by atoms with van der Waals surface area (Å²) in [6.07, 6.45) is 1.29. The van der Waals surface area contributed by atoms with Crippen LogP contribution in [-0.2, 0) is 9.53 Å². The highest BCUT2D eigenvalue weighted by molar-refractivity contribution is 7.13. The van der Waals surface area contributed by atoms with Crippen molar-refractivity contribution in [3.8, 4) is 0 Å². The van der Waals surface area contributed by atoms with E-state index in [0.29, 0.717) is 21.8 Å². The maximum atomic E-state index is 11.9. The van der Waals surface area contributed by atoms with E-state index in [4.69, 9.17) is 9.15 Å². The fourth-order valence-electron chi connectivity index (χ4n) is 1.77. The van der Waals surface area contributed by atoms with E-state index in [9.17, 15) is 9.59 Å². The van der Waals surface area contributed by atoms with Crippen molar-refractivity contribution in [2.75, 3.05) is 11.9 Å². The molecule has 0 saturated heterocycles. The van der Waals surface area contributed by atoms with Crippen molar-refractivity contribution in [1.82, 2.24) is 9.97 Å². The van der Waals surface area contributed by atoms with Gasteiger partial charge in [0.25, 0.3) is 5.91 Å². The van der Waals surface area contributed by atoms with Crippen molar-refractivity contribution in [3.05, 3.63) is 41.2 Å². The highest BCUT2D eigenvalue weighted by Gasteiger charge is 2.12. The zero-order chi connectivity index (χ0) is 15.5. The largest absolute Gasteiger partial charge is 0.452 e. The van der Waals surface area contributed by atoms with Crippen LogP contribution in [0.4, 0.5) is 5.13 Å². The highest BCUT2D eigenvalue weighted by atomic mass is 32.1. The molecular weight excluding hydrogens is 306 g/mol. The van der Waals surface area contributed by atoms with Crippen LogP contribution >= 0.6 is 11.3 Å². The van der Waals surface area contributed by atoms with Crippen LogP contribution in [0.15, 0.2) is 34.4 Å². The number of aromatic nitrogens is 2. The first-order valence-electron chi connectivity index (χ1n) is 6.34. The number of nitrogens with zero attached hydrogens (tertiary/aromatic N) is 2. The van der Waals surface area contributed by atoms with Crippen LogP contribution in [0.25, 0.3) is 11.1 Å². The summed E-state index contributed by atoms with van der Waals surface area (Å²) in [5.41, 5.74) is 2.25. The zero-order valence-electron chi connectivity index (χ0n) is 11.5. The quantitative estimate of drug-likeness (QED) is 0.742. The van der Waals surface area contributed by atoms with Crippen LogP contribution in [0.5, 0.6) is 0 Å². The number of amides is 1. The minimum atomic E-state index is -0.602. The van der Waals surface area contributed by atoms with Gasteiger partial charge in [-0.1, -0.05) is 0 Å². The number of aryl methyl sites for hydroxylation is 1. The van der Waals surface area contributed by atoms with Crippen LogP contribution in [0.2, 0.25) is 0 Å². The predicted octanol–water partition coefficient (Wildman–Crippen LogP) is 2.39. The molecule has 7 nitrogen and oxygen atoms in total. The Morgan fingerprint density at radius 1 is 1.41 bits per heavy atom. The molecule has 0 aliphatic carbocycles. The topological polar surface area (TPSA) is 94.3 Å². The third-order valence-corrected chi connectivity index (χ3v) is 3.64. The SMILES string of the molecule is Cc1csc(NC(=O)COC(=O)c2ccc3ocnc3c2)n1. The number of oxazole rings is 1. The Hall–Kier alpha value is -2.74. The molecule has 1 N–H and O–H groups in total. The number of fused-ring (bicyclic) bond motifs is 1.